The minimum Gasteiger partial charge on any atom is -0.364 e. The number of alkyl halides is 3. The molecule has 1 aliphatic carbocycles. The average Bonchev–Trinajstić information content (AvgIpc) is 3.29. The standard InChI is InChI=1S/C21H18F3N7O3/c22-21(23,24)15-7-26-8-16(27-15)28-20(34)14-6-10-5-13(10)31(14)17(32)9-30-12-4-2-1-3-11(12)18(29-30)19(25)33/h1-4,7-8,10,13-14H,5-6,9H2,(H2,25,33)(H,27,28,34)/t10-,13-,14+/m1/s1. The number of rotatable bonds is 5. The molecule has 0 bridgehead atoms. The van der Waals surface area contributed by atoms with Gasteiger partial charge in [-0.25, -0.2) is 4.98 Å². The topological polar surface area (TPSA) is 136 Å². The summed E-state index contributed by atoms with van der Waals surface area (Å²) in [6.45, 7) is -0.232. The van der Waals surface area contributed by atoms with Gasteiger partial charge in [-0.1, -0.05) is 18.2 Å². The summed E-state index contributed by atoms with van der Waals surface area (Å²) in [5.74, 6) is -1.98. The molecule has 0 spiro atoms. The number of amides is 3. The molecule has 3 atom stereocenters. The molecule has 2 fully saturated rings. The molecule has 13 heteroatoms. The number of nitrogens with zero attached hydrogens (tertiary/aromatic N) is 5. The van der Waals surface area contributed by atoms with Crippen LogP contribution in [0.4, 0.5) is 19.0 Å². The molecule has 34 heavy (non-hydrogen) atoms. The van der Waals surface area contributed by atoms with Crippen LogP contribution >= 0.6 is 0 Å². The Bertz CT molecular complexity index is 1320. The first-order valence-electron chi connectivity index (χ1n) is 10.4. The van der Waals surface area contributed by atoms with Crippen LogP contribution in [-0.4, -0.2) is 54.5 Å². The van der Waals surface area contributed by atoms with Crippen LogP contribution in [0, 0.1) is 5.92 Å². The van der Waals surface area contributed by atoms with Gasteiger partial charge < -0.3 is 16.0 Å². The van der Waals surface area contributed by atoms with Crippen LogP contribution in [-0.2, 0) is 22.3 Å². The van der Waals surface area contributed by atoms with Crippen molar-refractivity contribution >= 4 is 34.4 Å². The maximum absolute atomic E-state index is 13.2. The second kappa shape index (κ2) is 7.78. The van der Waals surface area contributed by atoms with Gasteiger partial charge in [0.15, 0.2) is 17.2 Å². The minimum atomic E-state index is -4.71. The van der Waals surface area contributed by atoms with Gasteiger partial charge in [0.1, 0.15) is 12.6 Å². The second-order valence-corrected chi connectivity index (χ2v) is 8.28. The predicted octanol–water partition coefficient (Wildman–Crippen LogP) is 1.57. The molecule has 2 aromatic heterocycles. The molecule has 176 valence electrons. The van der Waals surface area contributed by atoms with Gasteiger partial charge in [0.2, 0.25) is 11.8 Å². The zero-order chi connectivity index (χ0) is 24.2. The lowest BCUT2D eigenvalue weighted by Crippen LogP contribution is -2.46. The first-order chi connectivity index (χ1) is 16.1. The molecule has 3 aromatic rings. The summed E-state index contributed by atoms with van der Waals surface area (Å²) in [5, 5.41) is 7.03. The number of carbonyl (C=O) groups excluding carboxylic acids is 3. The fraction of sp³-hybridized carbons (Fsp3) is 0.333. The maximum Gasteiger partial charge on any atom is 0.434 e. The average molecular weight is 473 g/mol. The van der Waals surface area contributed by atoms with Crippen molar-refractivity contribution < 1.29 is 27.6 Å². The van der Waals surface area contributed by atoms with Crippen molar-refractivity contribution in [2.24, 2.45) is 11.7 Å². The second-order valence-electron chi connectivity index (χ2n) is 8.28. The van der Waals surface area contributed by atoms with Crippen molar-refractivity contribution in [1.82, 2.24) is 24.6 Å². The van der Waals surface area contributed by atoms with Crippen LogP contribution in [0.2, 0.25) is 0 Å². The zero-order valence-corrected chi connectivity index (χ0v) is 17.5. The van der Waals surface area contributed by atoms with Crippen molar-refractivity contribution in [2.75, 3.05) is 5.32 Å². The molecule has 1 aliphatic heterocycles. The maximum atomic E-state index is 13.2. The van der Waals surface area contributed by atoms with Gasteiger partial charge in [0, 0.05) is 11.4 Å². The third-order valence-electron chi connectivity index (χ3n) is 6.05. The lowest BCUT2D eigenvalue weighted by atomic mass is 10.1. The normalized spacial score (nSPS) is 21.4. The Hall–Kier alpha value is -4.03. The number of benzene rings is 1. The van der Waals surface area contributed by atoms with Gasteiger partial charge in [-0.3, -0.25) is 24.0 Å². The molecule has 1 saturated carbocycles. The Morgan fingerprint density at radius 1 is 1.15 bits per heavy atom. The number of para-hydroxylation sites is 1. The number of aromatic nitrogens is 4. The van der Waals surface area contributed by atoms with E-state index in [0.717, 1.165) is 12.6 Å². The number of nitrogens with one attached hydrogen (secondary N) is 1. The highest BCUT2D eigenvalue weighted by Gasteiger charge is 2.56. The largest absolute Gasteiger partial charge is 0.434 e. The molecule has 3 heterocycles. The van der Waals surface area contributed by atoms with Gasteiger partial charge in [-0.05, 0) is 24.8 Å². The van der Waals surface area contributed by atoms with E-state index in [0.29, 0.717) is 23.5 Å². The van der Waals surface area contributed by atoms with Crippen LogP contribution in [0.25, 0.3) is 10.9 Å². The van der Waals surface area contributed by atoms with Crippen molar-refractivity contribution in [1.29, 1.82) is 0 Å². The smallest absolute Gasteiger partial charge is 0.364 e. The van der Waals surface area contributed by atoms with E-state index < -0.39 is 35.6 Å². The summed E-state index contributed by atoms with van der Waals surface area (Å²) in [6, 6.07) is 5.81. The Morgan fingerprint density at radius 2 is 1.91 bits per heavy atom. The molecular formula is C21H18F3N7O3. The van der Waals surface area contributed by atoms with Gasteiger partial charge in [-0.15, -0.1) is 0 Å². The van der Waals surface area contributed by atoms with Gasteiger partial charge >= 0.3 is 6.18 Å². The zero-order valence-electron chi connectivity index (χ0n) is 17.5. The number of anilines is 1. The first kappa shape index (κ1) is 21.8. The van der Waals surface area contributed by atoms with E-state index in [4.69, 9.17) is 5.73 Å². The van der Waals surface area contributed by atoms with E-state index in [1.165, 1.54) is 9.58 Å². The summed E-state index contributed by atoms with van der Waals surface area (Å²) in [4.78, 5) is 46.2. The molecule has 1 aromatic carbocycles. The number of halogens is 3. The van der Waals surface area contributed by atoms with E-state index in [9.17, 15) is 27.6 Å². The monoisotopic (exact) mass is 473 g/mol. The first-order valence-corrected chi connectivity index (χ1v) is 10.4. The molecular weight excluding hydrogens is 455 g/mol. The lowest BCUT2D eigenvalue weighted by Gasteiger charge is -2.26. The summed E-state index contributed by atoms with van der Waals surface area (Å²) in [7, 11) is 0. The Morgan fingerprint density at radius 3 is 2.65 bits per heavy atom. The van der Waals surface area contributed by atoms with Gasteiger partial charge in [-0.2, -0.15) is 18.3 Å². The number of piperidine rings is 1. The number of likely N-dealkylation sites (tertiary alicyclic amines) is 1. The molecule has 1 saturated heterocycles. The SMILES string of the molecule is NC(=O)c1nn(CC(=O)N2[C@@H]3C[C@@H]3C[C@H]2C(=O)Nc2cncc(C(F)(F)F)n2)c2ccccc12. The fourth-order valence-corrected chi connectivity index (χ4v) is 4.46. The van der Waals surface area contributed by atoms with E-state index in [1.807, 2.05) is 0 Å². The Kier molecular flexibility index (Phi) is 4.99. The number of nitrogens with two attached hydrogens (primary N) is 1. The van der Waals surface area contributed by atoms with E-state index >= 15 is 0 Å². The molecule has 2 aliphatic rings. The van der Waals surface area contributed by atoms with Gasteiger partial charge in [0.05, 0.1) is 17.9 Å². The summed E-state index contributed by atoms with van der Waals surface area (Å²) in [6.07, 6.45) is -2.01. The van der Waals surface area contributed by atoms with Crippen molar-refractivity contribution in [2.45, 2.75) is 37.6 Å². The van der Waals surface area contributed by atoms with E-state index in [-0.39, 0.29) is 30.0 Å². The molecule has 3 N–H and O–H groups in total. The number of primary amides is 1. The lowest BCUT2D eigenvalue weighted by molar-refractivity contribution is -0.141. The van der Waals surface area contributed by atoms with Crippen molar-refractivity contribution in [3.05, 3.63) is 48.0 Å². The number of hydrogen-bond donors (Lipinski definition) is 2. The van der Waals surface area contributed by atoms with E-state index in [2.05, 4.69) is 20.4 Å². The van der Waals surface area contributed by atoms with Crippen LogP contribution < -0.4 is 11.1 Å². The summed E-state index contributed by atoms with van der Waals surface area (Å²) < 4.78 is 40.0. The fourth-order valence-electron chi connectivity index (χ4n) is 4.46. The van der Waals surface area contributed by atoms with Crippen molar-refractivity contribution in [3.63, 3.8) is 0 Å². The van der Waals surface area contributed by atoms with Crippen LogP contribution in [0.1, 0.15) is 29.0 Å². The number of carbonyl (C=O) groups is 3. The predicted molar refractivity (Wildman–Crippen MR) is 111 cm³/mol. The van der Waals surface area contributed by atoms with E-state index in [1.54, 1.807) is 24.3 Å². The molecule has 0 unspecified atom stereocenters. The Labute approximate surface area is 189 Å². The third kappa shape index (κ3) is 3.82. The third-order valence-corrected chi connectivity index (χ3v) is 6.05. The quantitative estimate of drug-likeness (QED) is 0.577. The Balaban J connectivity index is 1.36. The summed E-state index contributed by atoms with van der Waals surface area (Å²) in [5.41, 5.74) is 4.74. The molecule has 0 radical (unpaired) electrons. The molecule has 10 nitrogen and oxygen atoms in total. The van der Waals surface area contributed by atoms with Gasteiger partial charge in [0.25, 0.3) is 5.91 Å². The highest BCUT2D eigenvalue weighted by atomic mass is 19.4. The molecule has 3 amide bonds. The highest BCUT2D eigenvalue weighted by molar-refractivity contribution is 6.04. The number of fused-ring (bicyclic) bond motifs is 2. The number of hydrogen-bond acceptors (Lipinski definition) is 6. The highest BCUT2D eigenvalue weighted by Crippen LogP contribution is 2.48. The van der Waals surface area contributed by atoms with Crippen LogP contribution in [0.15, 0.2) is 36.7 Å². The van der Waals surface area contributed by atoms with Crippen LogP contribution in [0.3, 0.4) is 0 Å². The minimum absolute atomic E-state index is 0.0338. The van der Waals surface area contributed by atoms with Crippen molar-refractivity contribution in [3.8, 4) is 0 Å². The summed E-state index contributed by atoms with van der Waals surface area (Å²) >= 11 is 0. The molecule has 5 rings (SSSR count). The van der Waals surface area contributed by atoms with Crippen LogP contribution in [0.5, 0.6) is 0 Å².